The van der Waals surface area contributed by atoms with Crippen LogP contribution in [0, 0.1) is 10.1 Å². The van der Waals surface area contributed by atoms with Crippen molar-refractivity contribution < 1.29 is 37.1 Å². The Kier molecular flexibility index (Phi) is 7.46. The number of carbonyl (C=O) groups is 1. The van der Waals surface area contributed by atoms with Crippen LogP contribution in [0.2, 0.25) is 10.0 Å². The van der Waals surface area contributed by atoms with Crippen molar-refractivity contribution in [3.05, 3.63) is 74.5 Å². The number of nitro groups is 1. The van der Waals surface area contributed by atoms with E-state index < -0.39 is 49.8 Å². The highest BCUT2D eigenvalue weighted by Crippen LogP contribution is 2.43. The number of halogens is 5. The normalized spacial score (nSPS) is 13.1. The number of hydrogen-bond acceptors (Lipinski definition) is 7. The van der Waals surface area contributed by atoms with E-state index in [4.69, 9.17) is 37.4 Å². The SMILES string of the molecule is CCOC(=O)C(C)(Oc1cc(Oc2c(Cl)cc(C(F)(F)F)cc2Cl)ccc1[N+](=O)[O-])n1cccn1. The minimum absolute atomic E-state index is 0.00475. The minimum atomic E-state index is -4.69. The third-order valence-electron chi connectivity index (χ3n) is 4.58. The molecule has 1 heterocycles. The van der Waals surface area contributed by atoms with Crippen LogP contribution in [0.4, 0.5) is 18.9 Å². The van der Waals surface area contributed by atoms with Crippen LogP contribution in [0.3, 0.4) is 0 Å². The Labute approximate surface area is 206 Å². The van der Waals surface area contributed by atoms with Gasteiger partial charge < -0.3 is 14.2 Å². The zero-order chi connectivity index (χ0) is 26.0. The number of aromatic nitrogens is 2. The molecule has 0 saturated heterocycles. The third kappa shape index (κ3) is 5.60. The molecule has 0 aliphatic rings. The highest BCUT2D eigenvalue weighted by Gasteiger charge is 2.42. The van der Waals surface area contributed by atoms with Gasteiger partial charge in [-0.1, -0.05) is 23.2 Å². The second kappa shape index (κ2) is 10.0. The largest absolute Gasteiger partial charge is 0.462 e. The van der Waals surface area contributed by atoms with Crippen molar-refractivity contribution in [2.75, 3.05) is 6.61 Å². The van der Waals surface area contributed by atoms with Gasteiger partial charge in [0.1, 0.15) is 5.75 Å². The fraction of sp³-hybridized carbons (Fsp3) is 0.238. The molecule has 3 rings (SSSR count). The van der Waals surface area contributed by atoms with Crippen molar-refractivity contribution in [1.29, 1.82) is 0 Å². The summed E-state index contributed by atoms with van der Waals surface area (Å²) in [5.74, 6) is -1.75. The van der Waals surface area contributed by atoms with Crippen molar-refractivity contribution in [3.8, 4) is 17.2 Å². The lowest BCUT2D eigenvalue weighted by atomic mass is 10.2. The third-order valence-corrected chi connectivity index (χ3v) is 5.14. The smallest absolute Gasteiger partial charge is 0.416 e. The molecule has 0 saturated carbocycles. The molecule has 0 bridgehead atoms. The molecule has 0 N–H and O–H groups in total. The number of alkyl halides is 3. The Bertz CT molecular complexity index is 1230. The van der Waals surface area contributed by atoms with E-state index in [-0.39, 0.29) is 18.1 Å². The first kappa shape index (κ1) is 26.1. The summed E-state index contributed by atoms with van der Waals surface area (Å²) in [6.45, 7) is 2.85. The van der Waals surface area contributed by atoms with Crippen molar-refractivity contribution in [2.45, 2.75) is 25.7 Å². The Hall–Kier alpha value is -3.51. The second-order valence-corrected chi connectivity index (χ2v) is 7.83. The lowest BCUT2D eigenvalue weighted by Crippen LogP contribution is -2.46. The summed E-state index contributed by atoms with van der Waals surface area (Å²) < 4.78 is 56.4. The maximum Gasteiger partial charge on any atom is 0.416 e. The maximum atomic E-state index is 13.0. The van der Waals surface area contributed by atoms with Gasteiger partial charge >= 0.3 is 17.8 Å². The molecular formula is C21H16Cl2F3N3O6. The van der Waals surface area contributed by atoms with Crippen molar-refractivity contribution in [2.24, 2.45) is 0 Å². The highest BCUT2D eigenvalue weighted by molar-refractivity contribution is 6.37. The van der Waals surface area contributed by atoms with Gasteiger partial charge in [0.2, 0.25) is 5.75 Å². The lowest BCUT2D eigenvalue weighted by molar-refractivity contribution is -0.386. The van der Waals surface area contributed by atoms with Crippen LogP contribution in [-0.4, -0.2) is 27.3 Å². The van der Waals surface area contributed by atoms with Crippen LogP contribution in [0.25, 0.3) is 0 Å². The average molecular weight is 534 g/mol. The first-order valence-corrected chi connectivity index (χ1v) is 10.5. The zero-order valence-electron chi connectivity index (χ0n) is 18.0. The Morgan fingerprint density at radius 3 is 2.37 bits per heavy atom. The molecule has 1 atom stereocenters. The molecule has 0 aliphatic heterocycles. The number of hydrogen-bond donors (Lipinski definition) is 0. The summed E-state index contributed by atoms with van der Waals surface area (Å²) in [6, 6.07) is 5.99. The summed E-state index contributed by atoms with van der Waals surface area (Å²) in [7, 11) is 0. The van der Waals surface area contributed by atoms with E-state index in [1.165, 1.54) is 25.4 Å². The van der Waals surface area contributed by atoms with E-state index >= 15 is 0 Å². The van der Waals surface area contributed by atoms with E-state index in [2.05, 4.69) is 5.10 Å². The molecule has 186 valence electrons. The number of benzene rings is 2. The van der Waals surface area contributed by atoms with Crippen LogP contribution in [0.5, 0.6) is 17.2 Å². The van der Waals surface area contributed by atoms with Gasteiger partial charge in [-0.05, 0) is 31.2 Å². The fourth-order valence-corrected chi connectivity index (χ4v) is 3.48. The van der Waals surface area contributed by atoms with Gasteiger partial charge in [0, 0.05) is 31.5 Å². The van der Waals surface area contributed by atoms with E-state index in [9.17, 15) is 28.1 Å². The average Bonchev–Trinajstić information content (AvgIpc) is 3.31. The maximum absolute atomic E-state index is 13.0. The lowest BCUT2D eigenvalue weighted by Gasteiger charge is -2.28. The van der Waals surface area contributed by atoms with Gasteiger partial charge in [0.15, 0.2) is 5.75 Å². The van der Waals surface area contributed by atoms with Gasteiger partial charge in [-0.25, -0.2) is 9.48 Å². The van der Waals surface area contributed by atoms with Gasteiger partial charge in [-0.2, -0.15) is 18.3 Å². The van der Waals surface area contributed by atoms with Crippen LogP contribution in [0.15, 0.2) is 48.8 Å². The summed E-state index contributed by atoms with van der Waals surface area (Å²) in [4.78, 5) is 23.5. The molecule has 1 unspecified atom stereocenters. The number of ether oxygens (including phenoxy) is 3. The minimum Gasteiger partial charge on any atom is -0.462 e. The Balaban J connectivity index is 2.04. The number of esters is 1. The Morgan fingerprint density at radius 2 is 1.86 bits per heavy atom. The predicted octanol–water partition coefficient (Wildman–Crippen LogP) is 6.22. The topological polar surface area (TPSA) is 106 Å². The quantitative estimate of drug-likeness (QED) is 0.192. The summed E-state index contributed by atoms with van der Waals surface area (Å²) in [6.07, 6.45) is -1.93. The molecule has 14 heteroatoms. The molecule has 35 heavy (non-hydrogen) atoms. The number of nitro benzene ring substituents is 1. The molecule has 9 nitrogen and oxygen atoms in total. The first-order chi connectivity index (χ1) is 16.4. The second-order valence-electron chi connectivity index (χ2n) is 7.01. The number of nitrogens with zero attached hydrogens (tertiary/aromatic N) is 3. The van der Waals surface area contributed by atoms with Crippen LogP contribution in [0.1, 0.15) is 19.4 Å². The van der Waals surface area contributed by atoms with Gasteiger partial charge in [0.25, 0.3) is 5.72 Å². The molecule has 1 aromatic heterocycles. The molecule has 0 spiro atoms. The van der Waals surface area contributed by atoms with Crippen LogP contribution in [-0.2, 0) is 21.4 Å². The van der Waals surface area contributed by atoms with Gasteiger partial charge in [-0.15, -0.1) is 0 Å². The number of rotatable bonds is 8. The summed E-state index contributed by atoms with van der Waals surface area (Å²) in [5.41, 5.74) is -3.58. The molecule has 0 fully saturated rings. The summed E-state index contributed by atoms with van der Waals surface area (Å²) in [5, 5.41) is 14.7. The highest BCUT2D eigenvalue weighted by atomic mass is 35.5. The van der Waals surface area contributed by atoms with E-state index in [0.717, 1.165) is 22.9 Å². The first-order valence-electron chi connectivity index (χ1n) is 9.75. The van der Waals surface area contributed by atoms with E-state index in [1.54, 1.807) is 6.92 Å². The fourth-order valence-electron chi connectivity index (χ4n) is 2.91. The zero-order valence-corrected chi connectivity index (χ0v) is 19.5. The molecule has 3 aromatic rings. The van der Waals surface area contributed by atoms with Crippen LogP contribution >= 0.6 is 23.2 Å². The monoisotopic (exact) mass is 533 g/mol. The van der Waals surface area contributed by atoms with Gasteiger partial charge in [0.05, 0.1) is 27.1 Å². The van der Waals surface area contributed by atoms with Crippen molar-refractivity contribution in [1.82, 2.24) is 9.78 Å². The number of carbonyl (C=O) groups excluding carboxylic acids is 1. The summed E-state index contributed by atoms with van der Waals surface area (Å²) >= 11 is 11.9. The van der Waals surface area contributed by atoms with Crippen molar-refractivity contribution >= 4 is 34.9 Å². The Morgan fingerprint density at radius 1 is 1.20 bits per heavy atom. The molecular weight excluding hydrogens is 518 g/mol. The molecule has 2 aromatic carbocycles. The van der Waals surface area contributed by atoms with E-state index in [1.807, 2.05) is 0 Å². The van der Waals surface area contributed by atoms with E-state index in [0.29, 0.717) is 12.1 Å². The van der Waals surface area contributed by atoms with Crippen molar-refractivity contribution in [3.63, 3.8) is 0 Å². The predicted molar refractivity (Wildman–Crippen MR) is 118 cm³/mol. The molecule has 0 radical (unpaired) electrons. The molecule has 0 amide bonds. The standard InChI is InChI=1S/C21H16Cl2F3N3O6/c1-3-33-19(30)20(2,28-8-4-7-27-28)35-17-11-13(5-6-16(17)29(31)32)34-18-14(22)9-12(10-15(18)23)21(24,25)26/h4-11H,3H2,1-2H3. The molecule has 0 aliphatic carbocycles. The van der Waals surface area contributed by atoms with Crippen LogP contribution < -0.4 is 9.47 Å². The van der Waals surface area contributed by atoms with Gasteiger partial charge in [-0.3, -0.25) is 10.1 Å².